The Morgan fingerprint density at radius 2 is 2.04 bits per heavy atom. The van der Waals surface area contributed by atoms with Gasteiger partial charge in [0.05, 0.1) is 5.01 Å². The Balaban J connectivity index is 1.51. The normalized spacial score (nSPS) is 24.7. The van der Waals surface area contributed by atoms with Crippen LogP contribution in [0.2, 0.25) is 0 Å². The second kappa shape index (κ2) is 6.83. The van der Waals surface area contributed by atoms with Crippen LogP contribution in [0.4, 0.5) is 0 Å². The maximum absolute atomic E-state index is 12.9. The minimum atomic E-state index is -0.886. The Hall–Kier alpha value is -2.21. The van der Waals surface area contributed by atoms with Crippen LogP contribution in [0.3, 0.4) is 0 Å². The third-order valence-electron chi connectivity index (χ3n) is 5.65. The van der Waals surface area contributed by atoms with Crippen LogP contribution in [-0.2, 0) is 11.2 Å². The maximum Gasteiger partial charge on any atom is 0.326 e. The molecule has 1 N–H and O–H groups in total. The predicted octanol–water partition coefficient (Wildman–Crippen LogP) is 3.37. The molecule has 1 aliphatic heterocycles. The molecule has 0 bridgehead atoms. The summed E-state index contributed by atoms with van der Waals surface area (Å²) in [6.07, 6.45) is 3.68. The molecule has 6 heteroatoms. The molecular weight excluding hydrogens is 348 g/mol. The molecule has 0 radical (unpaired) electrons. The molecule has 4 rings (SSSR count). The zero-order chi connectivity index (χ0) is 18.3. The average Bonchev–Trinajstić information content (AvgIpc) is 3.31. The summed E-state index contributed by atoms with van der Waals surface area (Å²) in [7, 11) is 0. The highest BCUT2D eigenvalue weighted by Crippen LogP contribution is 2.42. The number of carboxylic acids is 1. The van der Waals surface area contributed by atoms with Crippen LogP contribution in [0.25, 0.3) is 0 Å². The number of benzene rings is 1. The molecule has 26 heavy (non-hydrogen) atoms. The molecule has 1 saturated heterocycles. The first-order valence-corrected chi connectivity index (χ1v) is 9.94. The molecule has 1 aromatic heterocycles. The Labute approximate surface area is 156 Å². The van der Waals surface area contributed by atoms with E-state index in [1.165, 1.54) is 16.9 Å². The molecule has 1 aromatic carbocycles. The largest absolute Gasteiger partial charge is 0.480 e. The Kier molecular flexibility index (Phi) is 4.53. The number of carbonyl (C=O) groups is 2. The number of fused-ring (bicyclic) bond motifs is 1. The number of nitrogens with zero attached hydrogens (tertiary/aromatic N) is 2. The fraction of sp³-hybridized carbons (Fsp3) is 0.450. The number of aliphatic carboxylic acids is 1. The number of aromatic nitrogens is 1. The zero-order valence-corrected chi connectivity index (χ0v) is 15.5. The Morgan fingerprint density at radius 3 is 2.77 bits per heavy atom. The van der Waals surface area contributed by atoms with Gasteiger partial charge < -0.3 is 10.0 Å². The standard InChI is InChI=1S/C20H22N2O3S/c1-12-5-7-13(8-6-12)9-17-21-16(11-26-17)19(23)22-10-14-3-2-4-15(14)18(22)20(24)25/h5-8,11,14-15,18H,2-4,9-10H2,1H3,(H,24,25). The number of rotatable bonds is 4. The summed E-state index contributed by atoms with van der Waals surface area (Å²) in [4.78, 5) is 30.7. The number of hydrogen-bond acceptors (Lipinski definition) is 4. The minimum absolute atomic E-state index is 0.0992. The first-order valence-electron chi connectivity index (χ1n) is 9.06. The van der Waals surface area contributed by atoms with Gasteiger partial charge in [0.1, 0.15) is 11.7 Å². The van der Waals surface area contributed by atoms with Gasteiger partial charge in [0.25, 0.3) is 5.91 Å². The van der Waals surface area contributed by atoms with E-state index in [1.807, 2.05) is 6.92 Å². The number of aryl methyl sites for hydroxylation is 1. The van der Waals surface area contributed by atoms with Crippen LogP contribution >= 0.6 is 11.3 Å². The monoisotopic (exact) mass is 370 g/mol. The lowest BCUT2D eigenvalue weighted by Crippen LogP contribution is -2.43. The lowest BCUT2D eigenvalue weighted by Gasteiger charge is -2.23. The summed E-state index contributed by atoms with van der Waals surface area (Å²) in [5.41, 5.74) is 2.74. The van der Waals surface area contributed by atoms with Crippen LogP contribution < -0.4 is 0 Å². The van der Waals surface area contributed by atoms with Crippen molar-refractivity contribution in [1.82, 2.24) is 9.88 Å². The van der Waals surface area contributed by atoms with Crippen LogP contribution in [0.15, 0.2) is 29.6 Å². The summed E-state index contributed by atoms with van der Waals surface area (Å²) in [6.45, 7) is 2.60. The van der Waals surface area contributed by atoms with Crippen molar-refractivity contribution in [3.63, 3.8) is 0 Å². The molecule has 2 heterocycles. The summed E-state index contributed by atoms with van der Waals surface area (Å²) in [6, 6.07) is 7.57. The van der Waals surface area contributed by atoms with Gasteiger partial charge in [0.2, 0.25) is 0 Å². The van der Waals surface area contributed by atoms with E-state index in [2.05, 4.69) is 29.2 Å². The maximum atomic E-state index is 12.9. The highest BCUT2D eigenvalue weighted by Gasteiger charge is 2.49. The SMILES string of the molecule is Cc1ccc(Cc2nc(C(=O)N3CC4CCCC4C3C(=O)O)cs2)cc1. The summed E-state index contributed by atoms with van der Waals surface area (Å²) >= 11 is 1.46. The average molecular weight is 370 g/mol. The van der Waals surface area contributed by atoms with Gasteiger partial charge in [-0.2, -0.15) is 0 Å². The second-order valence-corrected chi connectivity index (χ2v) is 8.33. The minimum Gasteiger partial charge on any atom is -0.480 e. The topological polar surface area (TPSA) is 70.5 Å². The van der Waals surface area contributed by atoms with Gasteiger partial charge in [-0.15, -0.1) is 11.3 Å². The predicted molar refractivity (Wildman–Crippen MR) is 99.4 cm³/mol. The number of likely N-dealkylation sites (tertiary alicyclic amines) is 1. The van der Waals surface area contributed by atoms with Crippen molar-refractivity contribution >= 4 is 23.2 Å². The molecule has 3 atom stereocenters. The molecule has 1 aliphatic carbocycles. The number of hydrogen-bond donors (Lipinski definition) is 1. The summed E-state index contributed by atoms with van der Waals surface area (Å²) in [5.74, 6) is -0.700. The van der Waals surface area contributed by atoms with Crippen LogP contribution in [-0.4, -0.2) is 39.5 Å². The summed E-state index contributed by atoms with van der Waals surface area (Å²) in [5, 5.41) is 12.3. The third kappa shape index (κ3) is 3.14. The van der Waals surface area contributed by atoms with E-state index >= 15 is 0 Å². The number of thiazole rings is 1. The van der Waals surface area contributed by atoms with Gasteiger partial charge >= 0.3 is 5.97 Å². The fourth-order valence-electron chi connectivity index (χ4n) is 4.35. The van der Waals surface area contributed by atoms with E-state index in [0.717, 1.165) is 29.8 Å². The van der Waals surface area contributed by atoms with Gasteiger partial charge in [0.15, 0.2) is 0 Å². The van der Waals surface area contributed by atoms with Crippen molar-refractivity contribution in [3.8, 4) is 0 Å². The highest BCUT2D eigenvalue weighted by atomic mass is 32.1. The number of amides is 1. The van der Waals surface area contributed by atoms with Crippen molar-refractivity contribution in [2.45, 2.75) is 38.6 Å². The van der Waals surface area contributed by atoms with Crippen molar-refractivity contribution in [1.29, 1.82) is 0 Å². The molecule has 2 fully saturated rings. The van der Waals surface area contributed by atoms with Gasteiger partial charge in [-0.1, -0.05) is 36.2 Å². The first kappa shape index (κ1) is 17.2. The van der Waals surface area contributed by atoms with Crippen LogP contribution in [0.1, 0.15) is 45.9 Å². The molecule has 1 saturated carbocycles. The molecule has 2 aromatic rings. The molecule has 3 unspecified atom stereocenters. The molecule has 0 spiro atoms. The number of carboxylic acid groups (broad SMARTS) is 1. The van der Waals surface area contributed by atoms with Gasteiger partial charge in [-0.3, -0.25) is 4.79 Å². The number of carbonyl (C=O) groups excluding carboxylic acids is 1. The lowest BCUT2D eigenvalue weighted by atomic mass is 9.94. The Bertz CT molecular complexity index is 830. The molecular formula is C20H22N2O3S. The molecule has 136 valence electrons. The van der Waals surface area contributed by atoms with Gasteiger partial charge in [-0.25, -0.2) is 9.78 Å². The second-order valence-electron chi connectivity index (χ2n) is 7.38. The lowest BCUT2D eigenvalue weighted by molar-refractivity contribution is -0.142. The van der Waals surface area contributed by atoms with Crippen LogP contribution in [0.5, 0.6) is 0 Å². The van der Waals surface area contributed by atoms with Crippen molar-refractivity contribution < 1.29 is 14.7 Å². The molecule has 1 amide bonds. The zero-order valence-electron chi connectivity index (χ0n) is 14.7. The van der Waals surface area contributed by atoms with Crippen molar-refractivity contribution in [2.24, 2.45) is 11.8 Å². The summed E-state index contributed by atoms with van der Waals surface area (Å²) < 4.78 is 0. The first-order chi connectivity index (χ1) is 12.5. The molecule has 5 nitrogen and oxygen atoms in total. The van der Waals surface area contributed by atoms with E-state index in [0.29, 0.717) is 24.6 Å². The third-order valence-corrected chi connectivity index (χ3v) is 6.50. The van der Waals surface area contributed by atoms with Gasteiger partial charge in [0, 0.05) is 18.3 Å². The van der Waals surface area contributed by atoms with E-state index < -0.39 is 12.0 Å². The van der Waals surface area contributed by atoms with Crippen molar-refractivity contribution in [2.75, 3.05) is 6.54 Å². The smallest absolute Gasteiger partial charge is 0.326 e. The van der Waals surface area contributed by atoms with Crippen molar-refractivity contribution in [3.05, 3.63) is 51.5 Å². The van der Waals surface area contributed by atoms with Crippen LogP contribution in [0, 0.1) is 18.8 Å². The van der Waals surface area contributed by atoms with E-state index in [-0.39, 0.29) is 11.8 Å². The van der Waals surface area contributed by atoms with E-state index in [4.69, 9.17) is 0 Å². The highest BCUT2D eigenvalue weighted by molar-refractivity contribution is 7.09. The Morgan fingerprint density at radius 1 is 1.27 bits per heavy atom. The molecule has 2 aliphatic rings. The van der Waals surface area contributed by atoms with E-state index in [1.54, 1.807) is 10.3 Å². The van der Waals surface area contributed by atoms with Gasteiger partial charge in [-0.05, 0) is 37.2 Å². The van der Waals surface area contributed by atoms with E-state index in [9.17, 15) is 14.7 Å². The quantitative estimate of drug-likeness (QED) is 0.896. The fourth-order valence-corrected chi connectivity index (χ4v) is 5.15.